The van der Waals surface area contributed by atoms with Crippen molar-refractivity contribution in [2.75, 3.05) is 0 Å². The van der Waals surface area contributed by atoms with Crippen molar-refractivity contribution >= 4 is 50.6 Å². The smallest absolute Gasteiger partial charge is 0.179 e. The van der Waals surface area contributed by atoms with Crippen LogP contribution in [0.3, 0.4) is 0 Å². The van der Waals surface area contributed by atoms with Crippen LogP contribution in [0.4, 0.5) is 0 Å². The molecule has 11 rings (SSSR count). The molecule has 0 spiro atoms. The number of rotatable bonds is 9. The highest BCUT2D eigenvalue weighted by atomic mass is 28.3. The van der Waals surface area contributed by atoms with Crippen LogP contribution in [0.1, 0.15) is 11.1 Å². The Morgan fingerprint density at radius 3 is 1.14 bits per heavy atom. The maximum atomic E-state index is 5.17. The molecule has 0 fully saturated rings. The first-order valence-electron chi connectivity index (χ1n) is 21.9. The van der Waals surface area contributed by atoms with Crippen LogP contribution in [-0.2, 0) is 0 Å². The van der Waals surface area contributed by atoms with Crippen molar-refractivity contribution in [3.8, 4) is 51.0 Å². The normalized spacial score (nSPS) is 11.6. The van der Waals surface area contributed by atoms with Crippen LogP contribution in [-0.4, -0.2) is 27.6 Å². The minimum atomic E-state index is -2.72. The fourth-order valence-corrected chi connectivity index (χ4v) is 14.3. The molecule has 0 atom stereocenters. The molecule has 0 saturated heterocycles. The number of hydrogen-bond donors (Lipinski definition) is 0. The maximum Gasteiger partial charge on any atom is 0.179 e. The van der Waals surface area contributed by atoms with Crippen LogP contribution in [0.5, 0.6) is 0 Å². The third-order valence-electron chi connectivity index (χ3n) is 12.5. The first-order valence-corrected chi connectivity index (χ1v) is 23.9. The fourth-order valence-electron chi connectivity index (χ4n) is 9.51. The molecule has 2 aromatic heterocycles. The zero-order chi connectivity index (χ0) is 43.0. The second-order valence-electron chi connectivity index (χ2n) is 16.6. The molecular formula is C59H44N4Si. The van der Waals surface area contributed by atoms with Gasteiger partial charge >= 0.3 is 0 Å². The van der Waals surface area contributed by atoms with Gasteiger partial charge in [0.25, 0.3) is 0 Å². The molecule has 0 amide bonds. The molecule has 0 N–H and O–H groups in total. The van der Waals surface area contributed by atoms with Crippen LogP contribution in [0.2, 0.25) is 0 Å². The van der Waals surface area contributed by atoms with E-state index in [1.54, 1.807) is 0 Å². The molecule has 0 bridgehead atoms. The van der Waals surface area contributed by atoms with Gasteiger partial charge in [0.05, 0.1) is 16.7 Å². The molecule has 304 valence electrons. The molecule has 0 aliphatic heterocycles. The standard InChI is InChI=1S/C59H44N4Si/c1-41-28-36-54-52(38-41)53-39-42(2)29-37-55(53)63(54)56-40-46(59-61-57(44-18-8-3-9-19-44)60-58(62-59)45-20-10-4-11-21-45)32-35-51(56)43-30-33-50(34-31-43)64(47-22-12-5-13-23-47,48-24-14-6-15-25-48)49-26-16-7-17-27-49/h3-40H,1-2H3. The Balaban J connectivity index is 1.15. The second-order valence-corrected chi connectivity index (χ2v) is 20.4. The number of fused-ring (bicyclic) bond motifs is 3. The Morgan fingerprint density at radius 2 is 0.703 bits per heavy atom. The molecule has 0 unspecified atom stereocenters. The largest absolute Gasteiger partial charge is 0.309 e. The van der Waals surface area contributed by atoms with E-state index in [4.69, 9.17) is 15.0 Å². The summed E-state index contributed by atoms with van der Waals surface area (Å²) in [6.07, 6.45) is 0. The Hall–Kier alpha value is -7.99. The third-order valence-corrected chi connectivity index (χ3v) is 17.3. The van der Waals surface area contributed by atoms with Crippen LogP contribution < -0.4 is 20.7 Å². The highest BCUT2D eigenvalue weighted by Gasteiger charge is 2.41. The van der Waals surface area contributed by atoms with Gasteiger partial charge in [0.2, 0.25) is 0 Å². The lowest BCUT2D eigenvalue weighted by atomic mass is 10.0. The summed E-state index contributed by atoms with van der Waals surface area (Å²) in [4.78, 5) is 15.3. The molecule has 64 heavy (non-hydrogen) atoms. The van der Waals surface area contributed by atoms with Gasteiger partial charge in [-0.05, 0) is 70.5 Å². The summed E-state index contributed by atoms with van der Waals surface area (Å²) in [5.41, 5.74) is 10.8. The molecule has 2 heterocycles. The van der Waals surface area contributed by atoms with Crippen molar-refractivity contribution in [1.29, 1.82) is 0 Å². The molecule has 0 aliphatic carbocycles. The van der Waals surface area contributed by atoms with E-state index in [-0.39, 0.29) is 0 Å². The molecule has 0 aliphatic rings. The molecule has 0 radical (unpaired) electrons. The zero-order valence-electron chi connectivity index (χ0n) is 35.7. The molecular weight excluding hydrogens is 793 g/mol. The minimum absolute atomic E-state index is 0.618. The Labute approximate surface area is 374 Å². The number of aromatic nitrogens is 4. The quantitative estimate of drug-likeness (QED) is 0.107. The van der Waals surface area contributed by atoms with E-state index in [0.717, 1.165) is 44.5 Å². The van der Waals surface area contributed by atoms with E-state index in [9.17, 15) is 0 Å². The summed E-state index contributed by atoms with van der Waals surface area (Å²) >= 11 is 0. The van der Waals surface area contributed by atoms with Crippen LogP contribution in [0.25, 0.3) is 72.8 Å². The maximum absolute atomic E-state index is 5.17. The van der Waals surface area contributed by atoms with Gasteiger partial charge in [-0.1, -0.05) is 211 Å². The van der Waals surface area contributed by atoms with E-state index in [2.05, 4.69) is 213 Å². The van der Waals surface area contributed by atoms with E-state index < -0.39 is 8.07 Å². The molecule has 5 heteroatoms. The monoisotopic (exact) mass is 836 g/mol. The summed E-state index contributed by atoms with van der Waals surface area (Å²) in [7, 11) is -2.72. The highest BCUT2D eigenvalue weighted by Crippen LogP contribution is 2.39. The van der Waals surface area contributed by atoms with Crippen molar-refractivity contribution in [2.45, 2.75) is 13.8 Å². The molecule has 4 nitrogen and oxygen atoms in total. The summed E-state index contributed by atoms with van der Waals surface area (Å²) in [5.74, 6) is 1.89. The van der Waals surface area contributed by atoms with Crippen molar-refractivity contribution in [3.63, 3.8) is 0 Å². The predicted molar refractivity (Wildman–Crippen MR) is 269 cm³/mol. The topological polar surface area (TPSA) is 43.6 Å². The van der Waals surface area contributed by atoms with E-state index in [0.29, 0.717) is 17.5 Å². The predicted octanol–water partition coefficient (Wildman–Crippen LogP) is 11.6. The van der Waals surface area contributed by atoms with Gasteiger partial charge in [-0.25, -0.2) is 15.0 Å². The SMILES string of the molecule is Cc1ccc2c(c1)c1cc(C)ccc1n2-c1cc(-c2nc(-c3ccccc3)nc(-c3ccccc3)n2)ccc1-c1ccc([Si](c2ccccc2)(c2ccccc2)c2ccccc2)cc1. The molecule has 0 saturated carbocycles. The molecule has 11 aromatic rings. The van der Waals surface area contributed by atoms with Gasteiger partial charge < -0.3 is 4.57 Å². The van der Waals surface area contributed by atoms with Gasteiger partial charge in [-0.2, -0.15) is 0 Å². The van der Waals surface area contributed by atoms with Crippen LogP contribution in [0.15, 0.2) is 231 Å². The number of nitrogens with zero attached hydrogens (tertiary/aromatic N) is 4. The number of hydrogen-bond acceptors (Lipinski definition) is 3. The van der Waals surface area contributed by atoms with E-state index >= 15 is 0 Å². The van der Waals surface area contributed by atoms with Crippen molar-refractivity contribution < 1.29 is 0 Å². The summed E-state index contributed by atoms with van der Waals surface area (Å²) in [5, 5.41) is 7.84. The van der Waals surface area contributed by atoms with Gasteiger partial charge in [0, 0.05) is 33.0 Å². The van der Waals surface area contributed by atoms with Crippen molar-refractivity contribution in [3.05, 3.63) is 242 Å². The second kappa shape index (κ2) is 16.4. The average Bonchev–Trinajstić information content (AvgIpc) is 3.68. The summed E-state index contributed by atoms with van der Waals surface area (Å²) in [6.45, 7) is 4.34. The Bertz CT molecular complexity index is 3210. The first kappa shape index (κ1) is 38.9. The number of benzene rings is 9. The number of aryl methyl sites for hydroxylation is 2. The van der Waals surface area contributed by atoms with Crippen LogP contribution >= 0.6 is 0 Å². The minimum Gasteiger partial charge on any atom is -0.309 e. The lowest BCUT2D eigenvalue weighted by molar-refractivity contribution is 1.07. The first-order chi connectivity index (χ1) is 31.5. The van der Waals surface area contributed by atoms with Gasteiger partial charge in [-0.15, -0.1) is 0 Å². The summed E-state index contributed by atoms with van der Waals surface area (Å²) < 4.78 is 2.44. The summed E-state index contributed by atoms with van der Waals surface area (Å²) in [6, 6.07) is 83.4. The van der Waals surface area contributed by atoms with E-state index in [1.165, 1.54) is 42.6 Å². The third kappa shape index (κ3) is 6.83. The fraction of sp³-hybridized carbons (Fsp3) is 0.0339. The van der Waals surface area contributed by atoms with Gasteiger partial charge in [-0.3, -0.25) is 0 Å². The van der Waals surface area contributed by atoms with Gasteiger partial charge in [0.15, 0.2) is 25.5 Å². The van der Waals surface area contributed by atoms with Gasteiger partial charge in [0.1, 0.15) is 0 Å². The lowest BCUT2D eigenvalue weighted by Gasteiger charge is -2.34. The zero-order valence-corrected chi connectivity index (χ0v) is 36.7. The van der Waals surface area contributed by atoms with Crippen molar-refractivity contribution in [2.24, 2.45) is 0 Å². The van der Waals surface area contributed by atoms with E-state index in [1.807, 2.05) is 36.4 Å². The Morgan fingerprint density at radius 1 is 0.328 bits per heavy atom. The molecule has 9 aromatic carbocycles. The van der Waals surface area contributed by atoms with Crippen molar-refractivity contribution in [1.82, 2.24) is 19.5 Å². The highest BCUT2D eigenvalue weighted by molar-refractivity contribution is 7.19. The Kier molecular flexibility index (Phi) is 9.95. The van der Waals surface area contributed by atoms with Crippen LogP contribution in [0, 0.1) is 13.8 Å². The average molecular weight is 837 g/mol. The lowest BCUT2D eigenvalue weighted by Crippen LogP contribution is -2.74.